The van der Waals surface area contributed by atoms with Crippen molar-refractivity contribution in [1.82, 2.24) is 0 Å². The van der Waals surface area contributed by atoms with E-state index in [4.69, 9.17) is 5.26 Å². The Labute approximate surface area is 82.9 Å². The molecule has 3 heteroatoms. The Morgan fingerprint density at radius 1 is 1.36 bits per heavy atom. The third kappa shape index (κ3) is 3.11. The standard InChI is InChI=1S/C11H10N2O/c1-14-13-8-2-3-10-4-6-11(9-12)7-5-10/h2-8H,1H3/b3-2+,13-8?. The molecule has 14 heavy (non-hydrogen) atoms. The van der Waals surface area contributed by atoms with E-state index < -0.39 is 0 Å². The number of hydrogen-bond donors (Lipinski definition) is 0. The lowest BCUT2D eigenvalue weighted by atomic mass is 10.1. The van der Waals surface area contributed by atoms with Crippen molar-refractivity contribution in [2.45, 2.75) is 0 Å². The summed E-state index contributed by atoms with van der Waals surface area (Å²) in [5, 5.41) is 12.1. The van der Waals surface area contributed by atoms with Gasteiger partial charge in [0.15, 0.2) is 0 Å². The number of allylic oxidation sites excluding steroid dienone is 1. The van der Waals surface area contributed by atoms with Crippen molar-refractivity contribution < 1.29 is 4.84 Å². The van der Waals surface area contributed by atoms with E-state index in [0.717, 1.165) is 5.56 Å². The molecular formula is C11H10N2O. The van der Waals surface area contributed by atoms with Crippen LogP contribution in [0.1, 0.15) is 11.1 Å². The zero-order valence-corrected chi connectivity index (χ0v) is 7.84. The van der Waals surface area contributed by atoms with Crippen molar-refractivity contribution in [3.8, 4) is 6.07 Å². The van der Waals surface area contributed by atoms with Gasteiger partial charge in [0.2, 0.25) is 0 Å². The molecule has 0 N–H and O–H groups in total. The summed E-state index contributed by atoms with van der Waals surface area (Å²) in [6.07, 6.45) is 5.20. The molecule has 1 rings (SSSR count). The van der Waals surface area contributed by atoms with Gasteiger partial charge in [0.05, 0.1) is 17.8 Å². The Balaban J connectivity index is 2.65. The van der Waals surface area contributed by atoms with Gasteiger partial charge in [0, 0.05) is 0 Å². The van der Waals surface area contributed by atoms with Crippen LogP contribution in [0.25, 0.3) is 6.08 Å². The molecule has 0 saturated heterocycles. The summed E-state index contributed by atoms with van der Waals surface area (Å²) in [5.74, 6) is 0. The highest BCUT2D eigenvalue weighted by Gasteiger charge is 1.88. The summed E-state index contributed by atoms with van der Waals surface area (Å²) in [5.41, 5.74) is 1.68. The smallest absolute Gasteiger partial charge is 0.106 e. The molecule has 70 valence electrons. The molecule has 0 bridgehead atoms. The largest absolute Gasteiger partial charge is 0.399 e. The van der Waals surface area contributed by atoms with Crippen molar-refractivity contribution in [3.63, 3.8) is 0 Å². The topological polar surface area (TPSA) is 45.4 Å². The molecule has 0 radical (unpaired) electrons. The quantitative estimate of drug-likeness (QED) is 0.536. The van der Waals surface area contributed by atoms with E-state index in [1.807, 2.05) is 18.2 Å². The zero-order chi connectivity index (χ0) is 10.2. The van der Waals surface area contributed by atoms with Crippen LogP contribution in [0.5, 0.6) is 0 Å². The van der Waals surface area contributed by atoms with Crippen molar-refractivity contribution >= 4 is 12.3 Å². The SMILES string of the molecule is CON=C/C=C/c1ccc(C#N)cc1. The summed E-state index contributed by atoms with van der Waals surface area (Å²) in [4.78, 5) is 4.49. The van der Waals surface area contributed by atoms with Crippen LogP contribution in [-0.4, -0.2) is 13.3 Å². The number of rotatable bonds is 3. The van der Waals surface area contributed by atoms with Crippen molar-refractivity contribution in [1.29, 1.82) is 5.26 Å². The number of oxime groups is 1. The molecule has 0 fully saturated rings. The highest BCUT2D eigenvalue weighted by atomic mass is 16.6. The van der Waals surface area contributed by atoms with E-state index in [1.54, 1.807) is 24.4 Å². The normalized spacial score (nSPS) is 10.6. The third-order valence-corrected chi connectivity index (χ3v) is 1.58. The predicted molar refractivity (Wildman–Crippen MR) is 55.7 cm³/mol. The minimum absolute atomic E-state index is 0.660. The first-order valence-electron chi connectivity index (χ1n) is 4.10. The van der Waals surface area contributed by atoms with Gasteiger partial charge in [0.25, 0.3) is 0 Å². The van der Waals surface area contributed by atoms with Gasteiger partial charge >= 0.3 is 0 Å². The second-order valence-electron chi connectivity index (χ2n) is 2.53. The first-order valence-corrected chi connectivity index (χ1v) is 4.10. The van der Waals surface area contributed by atoms with Crippen LogP contribution in [0, 0.1) is 11.3 Å². The van der Waals surface area contributed by atoms with Gasteiger partial charge in [0.1, 0.15) is 7.11 Å². The minimum Gasteiger partial charge on any atom is -0.399 e. The van der Waals surface area contributed by atoms with Crippen LogP contribution in [0.3, 0.4) is 0 Å². The number of hydrogen-bond acceptors (Lipinski definition) is 3. The van der Waals surface area contributed by atoms with E-state index in [1.165, 1.54) is 7.11 Å². The molecule has 0 unspecified atom stereocenters. The van der Waals surface area contributed by atoms with E-state index in [2.05, 4.69) is 16.1 Å². The summed E-state index contributed by atoms with van der Waals surface area (Å²) in [6.45, 7) is 0. The fourth-order valence-electron chi connectivity index (χ4n) is 0.919. The van der Waals surface area contributed by atoms with E-state index in [-0.39, 0.29) is 0 Å². The lowest BCUT2D eigenvalue weighted by Crippen LogP contribution is -1.75. The van der Waals surface area contributed by atoms with Gasteiger partial charge in [-0.2, -0.15) is 5.26 Å². The third-order valence-electron chi connectivity index (χ3n) is 1.58. The maximum Gasteiger partial charge on any atom is 0.106 e. The molecule has 1 aromatic carbocycles. The molecule has 0 saturated carbocycles. The van der Waals surface area contributed by atoms with Crippen molar-refractivity contribution in [3.05, 3.63) is 41.5 Å². The Morgan fingerprint density at radius 2 is 2.07 bits per heavy atom. The fraction of sp³-hybridized carbons (Fsp3) is 0.0909. The Bertz CT molecular complexity index is 371. The molecule has 1 aromatic rings. The Morgan fingerprint density at radius 3 is 2.64 bits per heavy atom. The summed E-state index contributed by atoms with van der Waals surface area (Å²) < 4.78 is 0. The first-order chi connectivity index (χ1) is 6.86. The zero-order valence-electron chi connectivity index (χ0n) is 7.84. The molecule has 0 aliphatic carbocycles. The van der Waals surface area contributed by atoms with Crippen LogP contribution >= 0.6 is 0 Å². The molecule has 0 spiro atoms. The molecule has 0 atom stereocenters. The van der Waals surface area contributed by atoms with E-state index in [0.29, 0.717) is 5.56 Å². The second kappa shape index (κ2) is 5.55. The predicted octanol–water partition coefficient (Wildman–Crippen LogP) is 2.20. The maximum atomic E-state index is 8.57. The van der Waals surface area contributed by atoms with Gasteiger partial charge in [-0.3, -0.25) is 0 Å². The van der Waals surface area contributed by atoms with Crippen LogP contribution in [-0.2, 0) is 4.84 Å². The average molecular weight is 186 g/mol. The minimum atomic E-state index is 0.660. The lowest BCUT2D eigenvalue weighted by molar-refractivity contribution is 0.215. The van der Waals surface area contributed by atoms with Gasteiger partial charge in [-0.25, -0.2) is 0 Å². The van der Waals surface area contributed by atoms with Crippen LogP contribution in [0.2, 0.25) is 0 Å². The molecule has 3 nitrogen and oxygen atoms in total. The van der Waals surface area contributed by atoms with Crippen molar-refractivity contribution in [2.75, 3.05) is 7.11 Å². The number of benzene rings is 1. The van der Waals surface area contributed by atoms with Gasteiger partial charge in [-0.05, 0) is 23.8 Å². The van der Waals surface area contributed by atoms with Crippen LogP contribution in [0.4, 0.5) is 0 Å². The second-order valence-corrected chi connectivity index (χ2v) is 2.53. The molecule has 0 aromatic heterocycles. The van der Waals surface area contributed by atoms with Crippen molar-refractivity contribution in [2.24, 2.45) is 5.16 Å². The van der Waals surface area contributed by atoms with Crippen LogP contribution in [0.15, 0.2) is 35.5 Å². The summed E-state index contributed by atoms with van der Waals surface area (Å²) in [6, 6.07) is 9.34. The van der Waals surface area contributed by atoms with E-state index in [9.17, 15) is 0 Å². The fourth-order valence-corrected chi connectivity index (χ4v) is 0.919. The first kappa shape index (κ1) is 10.0. The molecule has 0 heterocycles. The monoisotopic (exact) mass is 186 g/mol. The number of nitriles is 1. The average Bonchev–Trinajstić information content (AvgIpc) is 2.25. The van der Waals surface area contributed by atoms with Crippen LogP contribution < -0.4 is 0 Å². The highest BCUT2D eigenvalue weighted by Crippen LogP contribution is 2.04. The molecule has 0 amide bonds. The highest BCUT2D eigenvalue weighted by molar-refractivity contribution is 5.77. The summed E-state index contributed by atoms with van der Waals surface area (Å²) >= 11 is 0. The Hall–Kier alpha value is -2.08. The molecule has 0 aliphatic heterocycles. The van der Waals surface area contributed by atoms with E-state index >= 15 is 0 Å². The molecular weight excluding hydrogens is 176 g/mol. The van der Waals surface area contributed by atoms with Gasteiger partial charge in [-0.1, -0.05) is 23.4 Å². The number of nitrogens with zero attached hydrogens (tertiary/aromatic N) is 2. The maximum absolute atomic E-state index is 8.57. The lowest BCUT2D eigenvalue weighted by Gasteiger charge is -1.91. The molecule has 0 aliphatic rings. The van der Waals surface area contributed by atoms with Gasteiger partial charge in [-0.15, -0.1) is 0 Å². The summed E-state index contributed by atoms with van der Waals surface area (Å²) in [7, 11) is 1.49. The van der Waals surface area contributed by atoms with Gasteiger partial charge < -0.3 is 4.84 Å². The Kier molecular flexibility index (Phi) is 3.96.